The van der Waals surface area contributed by atoms with E-state index in [2.05, 4.69) is 10.1 Å². The number of rotatable bonds is 3. The van der Waals surface area contributed by atoms with E-state index in [4.69, 9.17) is 5.73 Å². The van der Waals surface area contributed by atoms with Gasteiger partial charge in [0.25, 0.3) is 0 Å². The molecule has 6 heteroatoms. The van der Waals surface area contributed by atoms with Crippen LogP contribution in [0.3, 0.4) is 0 Å². The molecule has 0 aliphatic rings. The topological polar surface area (TPSA) is 73.8 Å². The number of pyridine rings is 1. The van der Waals surface area contributed by atoms with Gasteiger partial charge in [0.05, 0.1) is 22.6 Å². The number of amides is 1. The third kappa shape index (κ3) is 3.42. The minimum absolute atomic E-state index is 0.251. The molecule has 25 heavy (non-hydrogen) atoms. The lowest BCUT2D eigenvalue weighted by Gasteiger charge is -2.22. The van der Waals surface area contributed by atoms with Gasteiger partial charge in [-0.2, -0.15) is 5.10 Å². The molecule has 0 fully saturated rings. The Morgan fingerprint density at radius 1 is 1.08 bits per heavy atom. The van der Waals surface area contributed by atoms with E-state index >= 15 is 0 Å². The second-order valence-corrected chi connectivity index (χ2v) is 6.80. The smallest absolute Gasteiger partial charge is 0.248 e. The first-order chi connectivity index (χ1) is 11.8. The van der Waals surface area contributed by atoms with Crippen LogP contribution in [-0.2, 0) is 5.54 Å². The molecule has 0 unspecified atom stereocenters. The van der Waals surface area contributed by atoms with Gasteiger partial charge < -0.3 is 5.73 Å². The van der Waals surface area contributed by atoms with Gasteiger partial charge in [0.2, 0.25) is 5.91 Å². The maximum absolute atomic E-state index is 13.2. The van der Waals surface area contributed by atoms with E-state index < -0.39 is 5.91 Å². The van der Waals surface area contributed by atoms with Gasteiger partial charge in [-0.3, -0.25) is 9.48 Å². The largest absolute Gasteiger partial charge is 0.366 e. The Bertz CT molecular complexity index is 923. The van der Waals surface area contributed by atoms with Gasteiger partial charge in [0, 0.05) is 17.3 Å². The van der Waals surface area contributed by atoms with Gasteiger partial charge in [0.15, 0.2) is 0 Å². The minimum atomic E-state index is -0.547. The summed E-state index contributed by atoms with van der Waals surface area (Å²) in [5, 5.41) is 4.36. The third-order valence-electron chi connectivity index (χ3n) is 3.79. The van der Waals surface area contributed by atoms with Crippen molar-refractivity contribution in [3.05, 3.63) is 60.0 Å². The molecule has 2 N–H and O–H groups in total. The average molecular weight is 338 g/mol. The molecular formula is C19H19FN4O. The van der Waals surface area contributed by atoms with Gasteiger partial charge >= 0.3 is 0 Å². The fourth-order valence-electron chi connectivity index (χ4n) is 2.60. The molecule has 0 radical (unpaired) electrons. The van der Waals surface area contributed by atoms with E-state index in [1.54, 1.807) is 30.5 Å². The summed E-state index contributed by atoms with van der Waals surface area (Å²) in [5.41, 5.74) is 8.18. The zero-order valence-electron chi connectivity index (χ0n) is 14.3. The fourth-order valence-corrected chi connectivity index (χ4v) is 2.60. The molecule has 0 saturated carbocycles. The van der Waals surface area contributed by atoms with Crippen molar-refractivity contribution in [3.63, 3.8) is 0 Å². The van der Waals surface area contributed by atoms with Crippen LogP contribution in [-0.4, -0.2) is 20.7 Å². The van der Waals surface area contributed by atoms with Crippen molar-refractivity contribution in [2.24, 2.45) is 5.73 Å². The molecule has 2 heterocycles. The summed E-state index contributed by atoms with van der Waals surface area (Å²) in [6.45, 7) is 6.09. The molecule has 0 saturated heterocycles. The van der Waals surface area contributed by atoms with Gasteiger partial charge in [-0.1, -0.05) is 0 Å². The molecule has 3 rings (SSSR count). The standard InChI is InChI=1S/C19H19FN4O/c1-19(2,3)24-17(8-9-22-24)16-11-13(18(21)25)10-15(23-16)12-4-6-14(20)7-5-12/h4-11H,1-3H3,(H2,21,25). The van der Waals surface area contributed by atoms with E-state index in [-0.39, 0.29) is 11.4 Å². The van der Waals surface area contributed by atoms with Crippen molar-refractivity contribution in [3.8, 4) is 22.6 Å². The molecule has 0 aliphatic carbocycles. The Kier molecular flexibility index (Phi) is 4.12. The lowest BCUT2D eigenvalue weighted by atomic mass is 10.1. The van der Waals surface area contributed by atoms with E-state index in [0.29, 0.717) is 22.5 Å². The summed E-state index contributed by atoms with van der Waals surface area (Å²) in [7, 11) is 0. The van der Waals surface area contributed by atoms with Crippen molar-refractivity contribution < 1.29 is 9.18 Å². The Hall–Kier alpha value is -3.02. The van der Waals surface area contributed by atoms with Gasteiger partial charge in [-0.25, -0.2) is 9.37 Å². The maximum atomic E-state index is 13.2. The number of nitrogens with two attached hydrogens (primary N) is 1. The first-order valence-electron chi connectivity index (χ1n) is 7.88. The van der Waals surface area contributed by atoms with Crippen LogP contribution < -0.4 is 5.73 Å². The molecule has 0 spiro atoms. The Balaban J connectivity index is 2.20. The predicted molar refractivity (Wildman–Crippen MR) is 94.4 cm³/mol. The number of carbonyl (C=O) groups excluding carboxylic acids is 1. The van der Waals surface area contributed by atoms with Crippen LogP contribution in [0.1, 0.15) is 31.1 Å². The first kappa shape index (κ1) is 16.8. The molecule has 128 valence electrons. The molecule has 0 aliphatic heterocycles. The Morgan fingerprint density at radius 2 is 1.72 bits per heavy atom. The number of primary amides is 1. The van der Waals surface area contributed by atoms with Crippen molar-refractivity contribution in [2.75, 3.05) is 0 Å². The molecule has 0 bridgehead atoms. The zero-order chi connectivity index (χ0) is 18.2. The number of benzene rings is 1. The highest BCUT2D eigenvalue weighted by Crippen LogP contribution is 2.28. The number of aromatic nitrogens is 3. The lowest BCUT2D eigenvalue weighted by molar-refractivity contribution is 0.1000. The van der Waals surface area contributed by atoms with Crippen LogP contribution in [0.25, 0.3) is 22.6 Å². The van der Waals surface area contributed by atoms with E-state index in [0.717, 1.165) is 5.69 Å². The minimum Gasteiger partial charge on any atom is -0.366 e. The quantitative estimate of drug-likeness (QED) is 0.793. The number of carbonyl (C=O) groups is 1. The monoisotopic (exact) mass is 338 g/mol. The Labute approximate surface area is 145 Å². The highest BCUT2D eigenvalue weighted by molar-refractivity contribution is 5.95. The normalized spacial score (nSPS) is 11.5. The van der Waals surface area contributed by atoms with Crippen molar-refractivity contribution in [1.82, 2.24) is 14.8 Å². The summed E-state index contributed by atoms with van der Waals surface area (Å²) in [5.74, 6) is -0.880. The first-order valence-corrected chi connectivity index (χ1v) is 7.88. The van der Waals surface area contributed by atoms with E-state index in [1.165, 1.54) is 12.1 Å². The molecule has 2 aromatic heterocycles. The van der Waals surface area contributed by atoms with E-state index in [1.807, 2.05) is 31.5 Å². The van der Waals surface area contributed by atoms with Crippen LogP contribution in [0.5, 0.6) is 0 Å². The summed E-state index contributed by atoms with van der Waals surface area (Å²) in [4.78, 5) is 16.4. The molecule has 1 amide bonds. The van der Waals surface area contributed by atoms with Crippen LogP contribution in [0, 0.1) is 5.82 Å². The van der Waals surface area contributed by atoms with Gasteiger partial charge in [0.1, 0.15) is 5.82 Å². The van der Waals surface area contributed by atoms with Crippen molar-refractivity contribution in [2.45, 2.75) is 26.3 Å². The fraction of sp³-hybridized carbons (Fsp3) is 0.211. The second-order valence-electron chi connectivity index (χ2n) is 6.80. The molecule has 3 aromatic rings. The van der Waals surface area contributed by atoms with Gasteiger partial charge in [-0.05, 0) is 63.2 Å². The van der Waals surface area contributed by atoms with Gasteiger partial charge in [-0.15, -0.1) is 0 Å². The number of hydrogen-bond acceptors (Lipinski definition) is 3. The molecule has 0 atom stereocenters. The maximum Gasteiger partial charge on any atom is 0.248 e. The molecule has 5 nitrogen and oxygen atoms in total. The van der Waals surface area contributed by atoms with E-state index in [9.17, 15) is 9.18 Å². The number of halogens is 1. The lowest BCUT2D eigenvalue weighted by Crippen LogP contribution is -2.24. The molecular weight excluding hydrogens is 319 g/mol. The second kappa shape index (κ2) is 6.12. The van der Waals surface area contributed by atoms with Crippen molar-refractivity contribution >= 4 is 5.91 Å². The van der Waals surface area contributed by atoms with Crippen molar-refractivity contribution in [1.29, 1.82) is 0 Å². The number of nitrogens with zero attached hydrogens (tertiary/aromatic N) is 3. The highest BCUT2D eigenvalue weighted by Gasteiger charge is 2.20. The SMILES string of the molecule is CC(C)(C)n1nccc1-c1cc(C(N)=O)cc(-c2ccc(F)cc2)n1. The highest BCUT2D eigenvalue weighted by atomic mass is 19.1. The van der Waals surface area contributed by atoms with Crippen LogP contribution in [0.2, 0.25) is 0 Å². The summed E-state index contributed by atoms with van der Waals surface area (Å²) in [6, 6.07) is 11.0. The third-order valence-corrected chi connectivity index (χ3v) is 3.79. The zero-order valence-corrected chi connectivity index (χ0v) is 14.3. The predicted octanol–water partition coefficient (Wildman–Crippen LogP) is 3.61. The van der Waals surface area contributed by atoms with Crippen LogP contribution in [0.4, 0.5) is 4.39 Å². The van der Waals surface area contributed by atoms with Crippen LogP contribution in [0.15, 0.2) is 48.7 Å². The summed E-state index contributed by atoms with van der Waals surface area (Å²) < 4.78 is 15.0. The Morgan fingerprint density at radius 3 is 2.32 bits per heavy atom. The number of hydrogen-bond donors (Lipinski definition) is 1. The van der Waals surface area contributed by atoms with Crippen LogP contribution >= 0.6 is 0 Å². The summed E-state index contributed by atoms with van der Waals surface area (Å²) in [6.07, 6.45) is 1.69. The molecule has 1 aromatic carbocycles. The average Bonchev–Trinajstić information content (AvgIpc) is 3.05. The summed E-state index contributed by atoms with van der Waals surface area (Å²) >= 11 is 0.